The molecule has 24 heavy (non-hydrogen) atoms. The van der Waals surface area contributed by atoms with E-state index in [1.54, 1.807) is 6.20 Å². The van der Waals surface area contributed by atoms with E-state index in [0.717, 1.165) is 33.6 Å². The Bertz CT molecular complexity index is 982. The number of carbonyl (C=O) groups is 1. The largest absolute Gasteiger partial charge is 0.436 e. The van der Waals surface area contributed by atoms with Crippen LogP contribution in [0.25, 0.3) is 33.8 Å². The molecule has 0 bridgehead atoms. The molecule has 1 amide bonds. The molecular weight excluding hydrogens is 304 g/mol. The van der Waals surface area contributed by atoms with Crippen molar-refractivity contribution in [2.75, 3.05) is 5.32 Å². The van der Waals surface area contributed by atoms with Crippen LogP contribution in [0.2, 0.25) is 0 Å². The zero-order valence-corrected chi connectivity index (χ0v) is 12.9. The van der Waals surface area contributed by atoms with Crippen LogP contribution >= 0.6 is 0 Å². The molecule has 4 aromatic rings. The van der Waals surface area contributed by atoms with E-state index in [1.807, 2.05) is 48.5 Å². The highest BCUT2D eigenvalue weighted by molar-refractivity contribution is 5.89. The molecule has 0 aliphatic rings. The van der Waals surface area contributed by atoms with Crippen molar-refractivity contribution in [2.24, 2.45) is 0 Å². The SMILES string of the molecule is CC(=O)Nc1ccc(-c2n[nH]cc2-c2nc3ccccc3o2)cc1. The fourth-order valence-corrected chi connectivity index (χ4v) is 2.58. The number of nitrogens with zero attached hydrogens (tertiary/aromatic N) is 2. The molecule has 2 heterocycles. The van der Waals surface area contributed by atoms with Crippen LogP contribution < -0.4 is 5.32 Å². The van der Waals surface area contributed by atoms with Crippen molar-refractivity contribution in [1.29, 1.82) is 0 Å². The molecule has 0 saturated heterocycles. The number of benzene rings is 2. The van der Waals surface area contributed by atoms with Crippen molar-refractivity contribution in [3.8, 4) is 22.7 Å². The molecule has 0 saturated carbocycles. The van der Waals surface area contributed by atoms with Gasteiger partial charge in [0.05, 0.1) is 5.56 Å². The minimum atomic E-state index is -0.102. The van der Waals surface area contributed by atoms with Gasteiger partial charge >= 0.3 is 0 Å². The first-order chi connectivity index (χ1) is 11.7. The van der Waals surface area contributed by atoms with Crippen LogP contribution in [-0.2, 0) is 4.79 Å². The maximum atomic E-state index is 11.1. The number of aromatic amines is 1. The summed E-state index contributed by atoms with van der Waals surface area (Å²) in [4.78, 5) is 15.6. The number of hydrogen-bond acceptors (Lipinski definition) is 4. The lowest BCUT2D eigenvalue weighted by Crippen LogP contribution is -2.05. The van der Waals surface area contributed by atoms with E-state index >= 15 is 0 Å². The molecule has 0 aliphatic carbocycles. The smallest absolute Gasteiger partial charge is 0.231 e. The van der Waals surface area contributed by atoms with Crippen molar-refractivity contribution in [2.45, 2.75) is 6.92 Å². The fourth-order valence-electron chi connectivity index (χ4n) is 2.58. The van der Waals surface area contributed by atoms with Gasteiger partial charge in [-0.15, -0.1) is 0 Å². The van der Waals surface area contributed by atoms with Crippen molar-refractivity contribution in [1.82, 2.24) is 15.2 Å². The second kappa shape index (κ2) is 5.66. The Labute approximate surface area is 137 Å². The third-order valence-electron chi connectivity index (χ3n) is 3.64. The minimum Gasteiger partial charge on any atom is -0.436 e. The Morgan fingerprint density at radius 2 is 1.92 bits per heavy atom. The Kier molecular flexibility index (Phi) is 3.35. The normalized spacial score (nSPS) is 10.9. The van der Waals surface area contributed by atoms with Crippen molar-refractivity contribution in [3.63, 3.8) is 0 Å². The molecule has 0 atom stereocenters. The predicted octanol–water partition coefficient (Wildman–Crippen LogP) is 3.84. The van der Waals surface area contributed by atoms with Gasteiger partial charge in [0, 0.05) is 24.4 Å². The molecule has 0 fully saturated rings. The zero-order valence-electron chi connectivity index (χ0n) is 12.9. The first-order valence-electron chi connectivity index (χ1n) is 7.48. The molecule has 6 nitrogen and oxygen atoms in total. The van der Waals surface area contributed by atoms with Gasteiger partial charge in [-0.2, -0.15) is 5.10 Å². The number of amides is 1. The highest BCUT2D eigenvalue weighted by atomic mass is 16.3. The van der Waals surface area contributed by atoms with Gasteiger partial charge in [-0.1, -0.05) is 24.3 Å². The third-order valence-corrected chi connectivity index (χ3v) is 3.64. The van der Waals surface area contributed by atoms with Gasteiger partial charge in [0.15, 0.2) is 5.58 Å². The fraction of sp³-hybridized carbons (Fsp3) is 0.0556. The van der Waals surface area contributed by atoms with E-state index in [1.165, 1.54) is 6.92 Å². The van der Waals surface area contributed by atoms with Gasteiger partial charge in [-0.05, 0) is 24.3 Å². The number of oxazole rings is 1. The molecule has 2 N–H and O–H groups in total. The second-order valence-electron chi connectivity index (χ2n) is 5.39. The lowest BCUT2D eigenvalue weighted by molar-refractivity contribution is -0.114. The van der Waals surface area contributed by atoms with E-state index < -0.39 is 0 Å². The van der Waals surface area contributed by atoms with Crippen LogP contribution in [0.4, 0.5) is 5.69 Å². The molecule has 118 valence electrons. The summed E-state index contributed by atoms with van der Waals surface area (Å²) in [5.74, 6) is 0.417. The molecule has 0 spiro atoms. The van der Waals surface area contributed by atoms with E-state index in [4.69, 9.17) is 4.42 Å². The van der Waals surface area contributed by atoms with Gasteiger partial charge in [0.1, 0.15) is 11.2 Å². The summed E-state index contributed by atoms with van der Waals surface area (Å²) >= 11 is 0. The van der Waals surface area contributed by atoms with Gasteiger partial charge in [0.25, 0.3) is 0 Å². The first kappa shape index (κ1) is 14.2. The van der Waals surface area contributed by atoms with E-state index in [2.05, 4.69) is 20.5 Å². The van der Waals surface area contributed by atoms with E-state index in [-0.39, 0.29) is 5.91 Å². The van der Waals surface area contributed by atoms with Crippen LogP contribution in [0.5, 0.6) is 0 Å². The minimum absolute atomic E-state index is 0.102. The van der Waals surface area contributed by atoms with Crippen LogP contribution in [0.1, 0.15) is 6.92 Å². The predicted molar refractivity (Wildman–Crippen MR) is 91.3 cm³/mol. The standard InChI is InChI=1S/C18H14N4O2/c1-11(23)20-13-8-6-12(7-9-13)17-14(10-19-22-17)18-21-15-4-2-3-5-16(15)24-18/h2-10H,1H3,(H,19,22)(H,20,23). The van der Waals surface area contributed by atoms with E-state index in [9.17, 15) is 4.79 Å². The maximum Gasteiger partial charge on any atom is 0.231 e. The molecule has 2 aromatic heterocycles. The summed E-state index contributed by atoms with van der Waals surface area (Å²) in [6, 6.07) is 15.1. The third kappa shape index (κ3) is 2.54. The zero-order chi connectivity index (χ0) is 16.5. The number of rotatable bonds is 3. The molecule has 2 aromatic carbocycles. The molecule has 0 unspecified atom stereocenters. The monoisotopic (exact) mass is 318 g/mol. The Morgan fingerprint density at radius 1 is 1.12 bits per heavy atom. The molecular formula is C18H14N4O2. The van der Waals surface area contributed by atoms with Crippen molar-refractivity contribution in [3.05, 3.63) is 54.7 Å². The second-order valence-corrected chi connectivity index (χ2v) is 5.39. The summed E-state index contributed by atoms with van der Waals surface area (Å²) in [7, 11) is 0. The quantitative estimate of drug-likeness (QED) is 0.601. The molecule has 0 radical (unpaired) electrons. The highest BCUT2D eigenvalue weighted by Crippen LogP contribution is 2.32. The molecule has 0 aliphatic heterocycles. The summed E-state index contributed by atoms with van der Waals surface area (Å²) in [5.41, 5.74) is 4.73. The summed E-state index contributed by atoms with van der Waals surface area (Å²) in [5, 5.41) is 9.92. The topological polar surface area (TPSA) is 83.8 Å². The van der Waals surface area contributed by atoms with Gasteiger partial charge in [0.2, 0.25) is 11.8 Å². The number of para-hydroxylation sites is 2. The summed E-state index contributed by atoms with van der Waals surface area (Å²) in [6.07, 6.45) is 1.77. The number of hydrogen-bond donors (Lipinski definition) is 2. The van der Waals surface area contributed by atoms with Crippen LogP contribution in [0.3, 0.4) is 0 Å². The number of fused-ring (bicyclic) bond motifs is 1. The number of aromatic nitrogens is 3. The summed E-state index contributed by atoms with van der Waals surface area (Å²) in [6.45, 7) is 1.48. The Morgan fingerprint density at radius 3 is 2.67 bits per heavy atom. The van der Waals surface area contributed by atoms with Crippen molar-refractivity contribution < 1.29 is 9.21 Å². The lowest BCUT2D eigenvalue weighted by Gasteiger charge is -2.03. The van der Waals surface area contributed by atoms with Gasteiger partial charge in [-0.25, -0.2) is 4.98 Å². The van der Waals surface area contributed by atoms with Crippen LogP contribution in [0, 0.1) is 0 Å². The maximum absolute atomic E-state index is 11.1. The van der Waals surface area contributed by atoms with Crippen LogP contribution in [-0.4, -0.2) is 21.1 Å². The Hall–Kier alpha value is -3.41. The van der Waals surface area contributed by atoms with Crippen LogP contribution in [0.15, 0.2) is 59.1 Å². The highest BCUT2D eigenvalue weighted by Gasteiger charge is 2.16. The van der Waals surface area contributed by atoms with Crippen molar-refractivity contribution >= 4 is 22.7 Å². The van der Waals surface area contributed by atoms with Gasteiger partial charge in [-0.3, -0.25) is 9.89 Å². The molecule has 4 rings (SSSR count). The lowest BCUT2D eigenvalue weighted by atomic mass is 10.1. The first-order valence-corrected chi connectivity index (χ1v) is 7.48. The average Bonchev–Trinajstić information content (AvgIpc) is 3.21. The summed E-state index contributed by atoms with van der Waals surface area (Å²) < 4.78 is 5.82. The molecule has 6 heteroatoms. The number of nitrogens with one attached hydrogen (secondary N) is 2. The average molecular weight is 318 g/mol. The van der Waals surface area contributed by atoms with Gasteiger partial charge < -0.3 is 9.73 Å². The number of H-pyrrole nitrogens is 1. The number of anilines is 1. The number of carbonyl (C=O) groups excluding carboxylic acids is 1. The Balaban J connectivity index is 1.73. The van der Waals surface area contributed by atoms with E-state index in [0.29, 0.717) is 5.89 Å².